The monoisotopic (exact) mass is 388 g/mol. The van der Waals surface area contributed by atoms with Crippen molar-refractivity contribution in [3.05, 3.63) is 23.3 Å². The number of benzene rings is 1. The van der Waals surface area contributed by atoms with Crippen LogP contribution < -0.4 is 4.74 Å². The fourth-order valence-electron chi connectivity index (χ4n) is 7.03. The number of hydrogen-bond acceptors (Lipinski definition) is 6. The van der Waals surface area contributed by atoms with Gasteiger partial charge in [0.25, 0.3) is 0 Å². The molecule has 1 aromatic carbocycles. The van der Waals surface area contributed by atoms with Crippen molar-refractivity contribution in [2.45, 2.75) is 67.0 Å². The van der Waals surface area contributed by atoms with Gasteiger partial charge >= 0.3 is 0 Å². The number of likely N-dealkylation sites (tertiary alicyclic amines) is 1. The van der Waals surface area contributed by atoms with Gasteiger partial charge in [-0.2, -0.15) is 0 Å². The maximum Gasteiger partial charge on any atom is 0.177 e. The summed E-state index contributed by atoms with van der Waals surface area (Å²) in [5.41, 5.74) is -1.62. The van der Waals surface area contributed by atoms with Crippen molar-refractivity contribution in [1.29, 1.82) is 0 Å². The Labute approximate surface area is 162 Å². The Morgan fingerprint density at radius 2 is 1.96 bits per heavy atom. The Bertz CT molecular complexity index is 928. The van der Waals surface area contributed by atoms with Crippen LogP contribution in [0.3, 0.4) is 0 Å². The van der Waals surface area contributed by atoms with Crippen LogP contribution in [0.1, 0.15) is 36.8 Å². The van der Waals surface area contributed by atoms with Crippen molar-refractivity contribution in [2.24, 2.45) is 0 Å². The van der Waals surface area contributed by atoms with Crippen LogP contribution in [0.25, 0.3) is 0 Å². The molecule has 0 amide bonds. The van der Waals surface area contributed by atoms with Crippen LogP contribution in [-0.2, 0) is 16.6 Å². The second-order valence-corrected chi connectivity index (χ2v) is 9.98. The normalized spacial score (nSPS) is 46.7. The topological polar surface area (TPSA) is 107 Å². The van der Waals surface area contributed by atoms with Gasteiger partial charge in [0.15, 0.2) is 29.0 Å². The first-order valence-electron chi connectivity index (χ1n) is 10.2. The molecule has 150 valence electrons. The van der Waals surface area contributed by atoms with E-state index in [9.17, 15) is 25.2 Å². The molecule has 28 heavy (non-hydrogen) atoms. The molecule has 7 heteroatoms. The summed E-state index contributed by atoms with van der Waals surface area (Å²) < 4.78 is 6.45. The van der Waals surface area contributed by atoms with Gasteiger partial charge in [-0.25, -0.2) is 0 Å². The molecule has 2 heterocycles. The van der Waals surface area contributed by atoms with Crippen LogP contribution in [0, 0.1) is 0 Å². The number of rotatable bonds is 2. The molecule has 2 saturated carbocycles. The molecule has 3 fully saturated rings. The Balaban J connectivity index is 1.61. The minimum atomic E-state index is -1.55. The highest BCUT2D eigenvalue weighted by Crippen LogP contribution is 2.66. The molecule has 5 aliphatic rings. The van der Waals surface area contributed by atoms with Crippen LogP contribution in [0.5, 0.6) is 11.5 Å². The van der Waals surface area contributed by atoms with E-state index in [-0.39, 0.29) is 24.0 Å². The van der Waals surface area contributed by atoms with Crippen LogP contribution in [0.15, 0.2) is 12.1 Å². The highest BCUT2D eigenvalue weighted by molar-refractivity contribution is 5.90. The molecule has 4 N–H and O–H groups in total. The molecule has 6 atom stereocenters. The number of aliphatic hydroxyl groups excluding tert-OH is 1. The van der Waals surface area contributed by atoms with E-state index >= 15 is 0 Å². The van der Waals surface area contributed by atoms with Crippen LogP contribution in [0.2, 0.25) is 0 Å². The van der Waals surface area contributed by atoms with Gasteiger partial charge in [0.2, 0.25) is 0 Å². The van der Waals surface area contributed by atoms with E-state index in [0.29, 0.717) is 41.7 Å². The van der Waals surface area contributed by atoms with Crippen molar-refractivity contribution in [3.8, 4) is 11.5 Å². The molecule has 0 radical (unpaired) electrons. The Morgan fingerprint density at radius 1 is 1.21 bits per heavy atom. The second-order valence-electron chi connectivity index (χ2n) is 9.98. The first kappa shape index (κ1) is 17.2. The van der Waals surface area contributed by atoms with Gasteiger partial charge in [0.05, 0.1) is 25.1 Å². The minimum absolute atomic E-state index is 0.0271. The molecule has 1 spiro atoms. The summed E-state index contributed by atoms with van der Waals surface area (Å²) in [4.78, 5) is 12.9. The van der Waals surface area contributed by atoms with Crippen molar-refractivity contribution < 1.29 is 34.4 Å². The van der Waals surface area contributed by atoms with E-state index in [0.717, 1.165) is 18.4 Å². The quantitative estimate of drug-likeness (QED) is 0.521. The minimum Gasteiger partial charge on any atom is -0.504 e. The number of phenolic OH excluding ortho intramolecular Hbond substituents is 1. The van der Waals surface area contributed by atoms with Gasteiger partial charge in [-0.1, -0.05) is 6.07 Å². The molecule has 1 aromatic rings. The van der Waals surface area contributed by atoms with Crippen molar-refractivity contribution >= 4 is 5.78 Å². The lowest BCUT2D eigenvalue weighted by atomic mass is 9.47. The number of aromatic hydroxyl groups is 1. The van der Waals surface area contributed by atoms with E-state index in [1.54, 1.807) is 6.07 Å². The van der Waals surface area contributed by atoms with E-state index in [2.05, 4.69) is 0 Å². The van der Waals surface area contributed by atoms with Crippen molar-refractivity contribution in [2.75, 3.05) is 20.1 Å². The third kappa shape index (κ3) is 1.70. The number of carbonyl (C=O) groups excluding carboxylic acids is 1. The molecule has 6 rings (SSSR count). The Morgan fingerprint density at radius 3 is 2.68 bits per heavy atom. The number of carbonyl (C=O) groups is 1. The lowest BCUT2D eigenvalue weighted by molar-refractivity contribution is -0.953. The molecule has 7 nitrogen and oxygen atoms in total. The predicted octanol–water partition coefficient (Wildman–Crippen LogP) is -0.244. The van der Waals surface area contributed by atoms with Crippen molar-refractivity contribution in [1.82, 2.24) is 0 Å². The third-order valence-corrected chi connectivity index (χ3v) is 8.44. The van der Waals surface area contributed by atoms with Gasteiger partial charge in [0, 0.05) is 24.8 Å². The van der Waals surface area contributed by atoms with Crippen LogP contribution in [0.4, 0.5) is 0 Å². The zero-order chi connectivity index (χ0) is 19.7. The van der Waals surface area contributed by atoms with Crippen molar-refractivity contribution in [3.63, 3.8) is 0 Å². The molecule has 1 unspecified atom stereocenters. The van der Waals surface area contributed by atoms with E-state index in [1.165, 1.54) is 0 Å². The lowest BCUT2D eigenvalue weighted by Crippen LogP contribution is -2.84. The number of ether oxygens (including phenoxy) is 1. The third-order valence-electron chi connectivity index (χ3n) is 8.44. The number of nitrogens with zero attached hydrogens (tertiary/aromatic N) is 1. The lowest BCUT2D eigenvalue weighted by Gasteiger charge is -2.65. The number of piperidine rings is 1. The molecular formula is C21H26NO6+. The van der Waals surface area contributed by atoms with Crippen LogP contribution >= 0.6 is 0 Å². The first-order valence-corrected chi connectivity index (χ1v) is 10.2. The Hall–Kier alpha value is -1.67. The van der Waals surface area contributed by atoms with E-state index < -0.39 is 28.8 Å². The van der Waals surface area contributed by atoms with Gasteiger partial charge in [-0.05, 0) is 24.5 Å². The SMILES string of the molecule is C[N@+]1(CC2(O)CC2)CC[C@]23c4c5ccc(O)c4O[C@H]2C(=O)CC(O)[C@@]3(O)[C@H]1C5. The summed E-state index contributed by atoms with van der Waals surface area (Å²) in [5, 5.41) is 44.3. The smallest absolute Gasteiger partial charge is 0.177 e. The zero-order valence-corrected chi connectivity index (χ0v) is 15.9. The predicted molar refractivity (Wildman–Crippen MR) is 97.0 cm³/mol. The summed E-state index contributed by atoms with van der Waals surface area (Å²) in [6.45, 7) is 1.20. The van der Waals surface area contributed by atoms with Gasteiger partial charge < -0.3 is 29.6 Å². The number of quaternary nitrogens is 1. The largest absolute Gasteiger partial charge is 0.504 e. The maximum atomic E-state index is 12.9. The number of hydrogen-bond donors (Lipinski definition) is 4. The highest BCUT2D eigenvalue weighted by atomic mass is 16.5. The molecule has 2 aliphatic heterocycles. The molecular weight excluding hydrogens is 362 g/mol. The fourth-order valence-corrected chi connectivity index (χ4v) is 7.03. The molecule has 0 aromatic heterocycles. The summed E-state index contributed by atoms with van der Waals surface area (Å²) in [7, 11) is 2.05. The number of aliphatic hydroxyl groups is 3. The molecule has 2 bridgehead atoms. The average molecular weight is 388 g/mol. The standard InChI is InChI=1S/C21H25NO6/c1-22(10-19(26)4-5-19)7-6-20-16-11-2-3-12(23)17(16)28-18(20)13(24)9-15(25)21(20,27)14(22)8-11/h2-3,14-15,18,25-27H,4-10H2,1H3/p+1/t14-,15?,18+,20+,21+,22-/m1/s1. The molecule has 1 saturated heterocycles. The van der Waals surface area contributed by atoms with E-state index in [1.807, 2.05) is 13.1 Å². The zero-order valence-electron chi connectivity index (χ0n) is 15.9. The number of likely N-dealkylation sites (N-methyl/N-ethyl adjacent to an activating group) is 1. The summed E-state index contributed by atoms with van der Waals surface area (Å²) in [5.74, 6) is 0.0378. The second kappa shape index (κ2) is 4.73. The van der Waals surface area contributed by atoms with E-state index in [4.69, 9.17) is 4.74 Å². The number of phenols is 1. The summed E-state index contributed by atoms with van der Waals surface area (Å²) in [6.07, 6.45) is 0.254. The van der Waals surface area contributed by atoms with Gasteiger partial charge in [-0.15, -0.1) is 0 Å². The number of ketones is 1. The van der Waals surface area contributed by atoms with Gasteiger partial charge in [0.1, 0.15) is 18.2 Å². The summed E-state index contributed by atoms with van der Waals surface area (Å²) in [6, 6.07) is 3.08. The van der Waals surface area contributed by atoms with Gasteiger partial charge in [-0.3, -0.25) is 4.79 Å². The maximum absolute atomic E-state index is 12.9. The average Bonchev–Trinajstić information content (AvgIpc) is 3.22. The number of Topliss-reactive ketones (excluding diaryl/α,β-unsaturated/α-hetero) is 1. The first-order chi connectivity index (χ1) is 13.1. The summed E-state index contributed by atoms with van der Waals surface area (Å²) >= 11 is 0. The fraction of sp³-hybridized carbons (Fsp3) is 0.667. The Kier molecular flexibility index (Phi) is 2.90. The van der Waals surface area contributed by atoms with Crippen LogP contribution in [-0.4, -0.2) is 80.3 Å². The molecule has 3 aliphatic carbocycles. The highest BCUT2D eigenvalue weighted by Gasteiger charge is 2.79.